The fraction of sp³-hybridized carbons (Fsp3) is 0.118. The molecular weight excluding hydrogens is 316 g/mol. The summed E-state index contributed by atoms with van der Waals surface area (Å²) in [5.74, 6) is 0.804. The largest absolute Gasteiger partial charge is 0.289 e. The molecule has 1 heterocycles. The topological polar surface area (TPSA) is 51.2 Å². The van der Waals surface area contributed by atoms with Gasteiger partial charge in [-0.2, -0.15) is 0 Å². The third-order valence-corrected chi connectivity index (χ3v) is 7.71. The van der Waals surface area contributed by atoms with Gasteiger partial charge in [-0.05, 0) is 11.1 Å². The number of carbonyl (C=O) groups is 1. The Kier molecular flexibility index (Phi) is 3.20. The molecule has 2 unspecified atom stereocenters. The first-order chi connectivity index (χ1) is 10.7. The van der Waals surface area contributed by atoms with E-state index in [4.69, 9.17) is 0 Å². The summed E-state index contributed by atoms with van der Waals surface area (Å²) in [6.45, 7) is 0. The second kappa shape index (κ2) is 5.11. The molecule has 0 aromatic heterocycles. The first-order valence-electron chi connectivity index (χ1n) is 6.93. The van der Waals surface area contributed by atoms with E-state index in [9.17, 15) is 13.2 Å². The van der Waals surface area contributed by atoms with Crippen LogP contribution >= 0.6 is 0 Å². The van der Waals surface area contributed by atoms with Crippen LogP contribution in [0.2, 0.25) is 0 Å². The van der Waals surface area contributed by atoms with Gasteiger partial charge in [0.1, 0.15) is 4.24 Å². The standard InChI is InChI=1S/C17H12O3S2/c18-16-13-7-3-1-5-11(13)15(12-6-2-4-8-14(12)16)17-21(19)9-10-22(17)20/h1-8H,9-10H2. The molecule has 0 N–H and O–H groups in total. The van der Waals surface area contributed by atoms with Gasteiger partial charge in [-0.1, -0.05) is 48.5 Å². The van der Waals surface area contributed by atoms with Crippen molar-refractivity contribution >= 4 is 33.0 Å². The molecule has 0 amide bonds. The van der Waals surface area contributed by atoms with E-state index in [0.29, 0.717) is 26.9 Å². The van der Waals surface area contributed by atoms with Crippen LogP contribution < -0.4 is 0 Å². The zero-order valence-electron chi connectivity index (χ0n) is 11.6. The van der Waals surface area contributed by atoms with Crippen LogP contribution in [-0.2, 0) is 21.6 Å². The van der Waals surface area contributed by atoms with Crippen molar-refractivity contribution in [3.8, 4) is 0 Å². The minimum absolute atomic E-state index is 0.0369. The average Bonchev–Trinajstić information content (AvgIpc) is 2.88. The van der Waals surface area contributed by atoms with Crippen LogP contribution in [0.25, 0.3) is 5.57 Å². The number of rotatable bonds is 0. The summed E-state index contributed by atoms with van der Waals surface area (Å²) >= 11 is 0. The molecule has 3 nitrogen and oxygen atoms in total. The predicted octanol–water partition coefficient (Wildman–Crippen LogP) is 2.46. The lowest BCUT2D eigenvalue weighted by Gasteiger charge is -2.22. The van der Waals surface area contributed by atoms with Gasteiger partial charge in [0.25, 0.3) is 0 Å². The number of carbonyl (C=O) groups excluding carboxylic acids is 1. The quantitative estimate of drug-likeness (QED) is 0.637. The molecule has 4 rings (SSSR count). The fourth-order valence-corrected chi connectivity index (χ4v) is 6.78. The normalized spacial score (nSPS) is 23.4. The van der Waals surface area contributed by atoms with E-state index < -0.39 is 21.6 Å². The summed E-state index contributed by atoms with van der Waals surface area (Å²) in [4.78, 5) is 12.7. The molecule has 110 valence electrons. The van der Waals surface area contributed by atoms with Gasteiger partial charge in [0.15, 0.2) is 5.78 Å². The van der Waals surface area contributed by atoms with E-state index in [-0.39, 0.29) is 5.78 Å². The summed E-state index contributed by atoms with van der Waals surface area (Å²) in [7, 11) is -2.49. The second-order valence-electron chi connectivity index (χ2n) is 5.18. The van der Waals surface area contributed by atoms with E-state index in [2.05, 4.69) is 0 Å². The van der Waals surface area contributed by atoms with E-state index in [1.807, 2.05) is 36.4 Å². The van der Waals surface area contributed by atoms with Crippen molar-refractivity contribution < 1.29 is 13.2 Å². The Morgan fingerprint density at radius 3 is 1.55 bits per heavy atom. The number of benzene rings is 2. The maximum atomic E-state index is 12.7. The lowest BCUT2D eigenvalue weighted by Crippen LogP contribution is -2.16. The summed E-state index contributed by atoms with van der Waals surface area (Å²) in [5.41, 5.74) is 3.38. The SMILES string of the molecule is O=C1c2ccccc2C(=C2S(=O)CCS2=O)c2ccccc21. The Hall–Kier alpha value is -1.85. The molecule has 2 aliphatic rings. The third-order valence-electron chi connectivity index (χ3n) is 3.95. The van der Waals surface area contributed by atoms with Crippen LogP contribution in [0.15, 0.2) is 52.8 Å². The predicted molar refractivity (Wildman–Crippen MR) is 88.4 cm³/mol. The molecular formula is C17H12O3S2. The molecule has 1 aliphatic heterocycles. The number of hydrogen-bond acceptors (Lipinski definition) is 3. The zero-order valence-corrected chi connectivity index (χ0v) is 13.2. The van der Waals surface area contributed by atoms with Crippen LogP contribution in [0.5, 0.6) is 0 Å². The third kappa shape index (κ3) is 1.89. The summed E-state index contributed by atoms with van der Waals surface area (Å²) in [5, 5.41) is 0. The molecule has 2 atom stereocenters. The van der Waals surface area contributed by atoms with E-state index in [1.165, 1.54) is 0 Å². The lowest BCUT2D eigenvalue weighted by atomic mass is 9.82. The molecule has 2 aromatic carbocycles. The summed E-state index contributed by atoms with van der Waals surface area (Å²) in [6.07, 6.45) is 0. The first-order valence-corrected chi connectivity index (χ1v) is 9.57. The zero-order chi connectivity index (χ0) is 15.3. The monoisotopic (exact) mass is 328 g/mol. The smallest absolute Gasteiger partial charge is 0.194 e. The minimum atomic E-state index is -1.25. The van der Waals surface area contributed by atoms with Gasteiger partial charge in [0.05, 0.1) is 21.6 Å². The maximum absolute atomic E-state index is 12.7. The van der Waals surface area contributed by atoms with Gasteiger partial charge in [0.2, 0.25) is 0 Å². The maximum Gasteiger partial charge on any atom is 0.194 e. The first kappa shape index (κ1) is 13.8. The highest BCUT2D eigenvalue weighted by Crippen LogP contribution is 2.40. The van der Waals surface area contributed by atoms with E-state index >= 15 is 0 Å². The Morgan fingerprint density at radius 1 is 0.682 bits per heavy atom. The van der Waals surface area contributed by atoms with Gasteiger partial charge in [0, 0.05) is 28.2 Å². The van der Waals surface area contributed by atoms with Gasteiger partial charge in [-0.3, -0.25) is 13.2 Å². The molecule has 0 saturated carbocycles. The van der Waals surface area contributed by atoms with Crippen LogP contribution in [0, 0.1) is 0 Å². The number of fused-ring (bicyclic) bond motifs is 2. The molecule has 0 radical (unpaired) electrons. The number of ketones is 1. The van der Waals surface area contributed by atoms with Crippen molar-refractivity contribution in [2.24, 2.45) is 0 Å². The number of hydrogen-bond donors (Lipinski definition) is 0. The van der Waals surface area contributed by atoms with Gasteiger partial charge < -0.3 is 0 Å². The second-order valence-corrected chi connectivity index (χ2v) is 8.46. The van der Waals surface area contributed by atoms with Crippen molar-refractivity contribution in [2.45, 2.75) is 0 Å². The van der Waals surface area contributed by atoms with Crippen LogP contribution in [0.4, 0.5) is 0 Å². The summed E-state index contributed by atoms with van der Waals surface area (Å²) < 4.78 is 25.2. The Morgan fingerprint density at radius 2 is 1.09 bits per heavy atom. The van der Waals surface area contributed by atoms with Gasteiger partial charge >= 0.3 is 0 Å². The molecule has 22 heavy (non-hydrogen) atoms. The van der Waals surface area contributed by atoms with Crippen LogP contribution in [-0.4, -0.2) is 25.7 Å². The highest BCUT2D eigenvalue weighted by Gasteiger charge is 2.34. The molecule has 1 saturated heterocycles. The van der Waals surface area contributed by atoms with Gasteiger partial charge in [-0.25, -0.2) is 0 Å². The molecule has 0 bridgehead atoms. The summed E-state index contributed by atoms with van der Waals surface area (Å²) in [6, 6.07) is 14.6. The van der Waals surface area contributed by atoms with Crippen molar-refractivity contribution in [3.63, 3.8) is 0 Å². The van der Waals surface area contributed by atoms with E-state index in [1.54, 1.807) is 12.1 Å². The van der Waals surface area contributed by atoms with E-state index in [0.717, 1.165) is 16.7 Å². The molecule has 2 aromatic rings. The lowest BCUT2D eigenvalue weighted by molar-refractivity contribution is 0.103. The van der Waals surface area contributed by atoms with Crippen molar-refractivity contribution in [1.82, 2.24) is 0 Å². The average molecular weight is 328 g/mol. The highest BCUT2D eigenvalue weighted by atomic mass is 32.2. The molecule has 1 fully saturated rings. The highest BCUT2D eigenvalue weighted by molar-refractivity contribution is 8.11. The minimum Gasteiger partial charge on any atom is -0.289 e. The fourth-order valence-electron chi connectivity index (χ4n) is 2.98. The molecule has 0 spiro atoms. The van der Waals surface area contributed by atoms with Crippen LogP contribution in [0.3, 0.4) is 0 Å². The van der Waals surface area contributed by atoms with Crippen molar-refractivity contribution in [1.29, 1.82) is 0 Å². The molecule has 5 heteroatoms. The molecule has 1 aliphatic carbocycles. The van der Waals surface area contributed by atoms with Gasteiger partial charge in [-0.15, -0.1) is 0 Å². The van der Waals surface area contributed by atoms with Crippen LogP contribution in [0.1, 0.15) is 27.0 Å². The Labute approximate surface area is 133 Å². The van der Waals surface area contributed by atoms with Crippen molar-refractivity contribution in [2.75, 3.05) is 11.5 Å². The Bertz CT molecular complexity index is 827. The van der Waals surface area contributed by atoms with Crippen molar-refractivity contribution in [3.05, 3.63) is 75.0 Å². The Balaban J connectivity index is 2.15.